The molecule has 0 fully saturated rings. The second-order valence-electron chi connectivity index (χ2n) is 17.1. The van der Waals surface area contributed by atoms with E-state index in [0.29, 0.717) is 0 Å². The summed E-state index contributed by atoms with van der Waals surface area (Å²) in [5, 5.41) is 3.67. The number of furan rings is 1. The number of allylic oxidation sites excluding steroid dienone is 2. The van der Waals surface area contributed by atoms with Crippen molar-refractivity contribution in [1.29, 1.82) is 0 Å². The molecule has 2 heteroatoms. The summed E-state index contributed by atoms with van der Waals surface area (Å²) in [6.45, 7) is 0. The van der Waals surface area contributed by atoms with E-state index in [1.54, 1.807) is 0 Å². The molecule has 64 heavy (non-hydrogen) atoms. The Morgan fingerprint density at radius 3 is 1.83 bits per heavy atom. The lowest BCUT2D eigenvalue weighted by molar-refractivity contribution is 0.517. The van der Waals surface area contributed by atoms with E-state index in [1.165, 1.54) is 82.9 Å². The predicted molar refractivity (Wildman–Crippen MR) is 269 cm³/mol. The lowest BCUT2D eigenvalue weighted by Gasteiger charge is -2.28. The van der Waals surface area contributed by atoms with E-state index in [1.807, 2.05) is 6.07 Å². The molecule has 1 aromatic heterocycles. The summed E-state index contributed by atoms with van der Waals surface area (Å²) in [4.78, 5) is 2.40. The third kappa shape index (κ3) is 6.85. The van der Waals surface area contributed by atoms with Crippen LogP contribution in [0.2, 0.25) is 0 Å². The molecule has 304 valence electrons. The quantitative estimate of drug-likeness (QED) is 0.152. The first-order chi connectivity index (χ1) is 31.7. The van der Waals surface area contributed by atoms with Crippen LogP contribution in [0.5, 0.6) is 0 Å². The summed E-state index contributed by atoms with van der Waals surface area (Å²) in [5.41, 5.74) is 19.2. The SMILES string of the molecule is C1=Cc2c(cccc2-c2ccc(-c3ccc(-c4ccccc4N(c4ccc(-c5ccc6ccccc6c5)cc4)c4ccc(C5CC=Cc6c5oc5ccccc65)cc4)cc3)cc2)CC1. The summed E-state index contributed by atoms with van der Waals surface area (Å²) in [6.07, 6.45) is 12.2. The van der Waals surface area contributed by atoms with Crippen LogP contribution in [-0.4, -0.2) is 0 Å². The highest BCUT2D eigenvalue weighted by molar-refractivity contribution is 5.92. The molecule has 9 aromatic carbocycles. The molecule has 1 atom stereocenters. The molecule has 10 aromatic rings. The summed E-state index contributed by atoms with van der Waals surface area (Å²) in [6, 6.07) is 75.4. The van der Waals surface area contributed by atoms with Crippen molar-refractivity contribution in [2.24, 2.45) is 0 Å². The van der Waals surface area contributed by atoms with Gasteiger partial charge in [-0.15, -0.1) is 0 Å². The van der Waals surface area contributed by atoms with Gasteiger partial charge >= 0.3 is 0 Å². The first kappa shape index (κ1) is 37.8. The maximum Gasteiger partial charge on any atom is 0.134 e. The normalized spacial score (nSPS) is 14.1. The smallest absolute Gasteiger partial charge is 0.134 e. The zero-order valence-electron chi connectivity index (χ0n) is 35.5. The van der Waals surface area contributed by atoms with E-state index in [9.17, 15) is 0 Å². The average molecular weight is 820 g/mol. The maximum atomic E-state index is 6.52. The molecular formula is C62H45NO. The molecule has 0 bridgehead atoms. The lowest BCUT2D eigenvalue weighted by Crippen LogP contribution is -2.12. The van der Waals surface area contributed by atoms with E-state index in [4.69, 9.17) is 4.42 Å². The Bertz CT molecular complexity index is 3390. The Morgan fingerprint density at radius 2 is 1.03 bits per heavy atom. The van der Waals surface area contributed by atoms with Crippen molar-refractivity contribution in [2.45, 2.75) is 25.2 Å². The predicted octanol–water partition coefficient (Wildman–Crippen LogP) is 17.2. The van der Waals surface area contributed by atoms with Crippen molar-refractivity contribution in [2.75, 3.05) is 4.90 Å². The minimum Gasteiger partial charge on any atom is -0.460 e. The fourth-order valence-electron chi connectivity index (χ4n) is 10.0. The van der Waals surface area contributed by atoms with Crippen LogP contribution in [0, 0.1) is 0 Å². The van der Waals surface area contributed by atoms with E-state index in [0.717, 1.165) is 47.7 Å². The van der Waals surface area contributed by atoms with Gasteiger partial charge in [0.15, 0.2) is 0 Å². The molecule has 2 aliphatic rings. The van der Waals surface area contributed by atoms with Gasteiger partial charge in [0.2, 0.25) is 0 Å². The lowest BCUT2D eigenvalue weighted by atomic mass is 9.86. The number of aryl methyl sites for hydroxylation is 1. The highest BCUT2D eigenvalue weighted by Crippen LogP contribution is 2.45. The zero-order valence-corrected chi connectivity index (χ0v) is 35.5. The molecule has 0 amide bonds. The minimum absolute atomic E-state index is 0.152. The van der Waals surface area contributed by atoms with Crippen LogP contribution in [-0.2, 0) is 6.42 Å². The van der Waals surface area contributed by atoms with Crippen LogP contribution in [0.1, 0.15) is 46.8 Å². The van der Waals surface area contributed by atoms with Gasteiger partial charge in [-0.1, -0.05) is 188 Å². The molecule has 12 rings (SSSR count). The Kier molecular flexibility index (Phi) is 9.49. The van der Waals surface area contributed by atoms with E-state index < -0.39 is 0 Å². The molecular weight excluding hydrogens is 775 g/mol. The van der Waals surface area contributed by atoms with E-state index >= 15 is 0 Å². The largest absolute Gasteiger partial charge is 0.460 e. The third-order valence-electron chi connectivity index (χ3n) is 13.3. The molecule has 1 heterocycles. The minimum atomic E-state index is 0.152. The van der Waals surface area contributed by atoms with E-state index in [2.05, 4.69) is 229 Å². The summed E-state index contributed by atoms with van der Waals surface area (Å²) >= 11 is 0. The van der Waals surface area contributed by atoms with Gasteiger partial charge in [-0.05, 0) is 128 Å². The summed E-state index contributed by atoms with van der Waals surface area (Å²) in [5.74, 6) is 1.20. The topological polar surface area (TPSA) is 16.4 Å². The Morgan fingerprint density at radius 1 is 0.438 bits per heavy atom. The van der Waals surface area contributed by atoms with Gasteiger partial charge in [0.1, 0.15) is 11.3 Å². The molecule has 0 aliphatic heterocycles. The first-order valence-electron chi connectivity index (χ1n) is 22.5. The van der Waals surface area contributed by atoms with Gasteiger partial charge in [-0.25, -0.2) is 0 Å². The van der Waals surface area contributed by atoms with Crippen molar-refractivity contribution in [1.82, 2.24) is 0 Å². The number of anilines is 3. The number of hydrogen-bond donors (Lipinski definition) is 0. The monoisotopic (exact) mass is 819 g/mol. The van der Waals surface area contributed by atoms with Crippen LogP contribution in [0.15, 0.2) is 223 Å². The first-order valence-corrected chi connectivity index (χ1v) is 22.5. The molecule has 0 saturated carbocycles. The maximum absolute atomic E-state index is 6.52. The fourth-order valence-corrected chi connectivity index (χ4v) is 10.0. The molecule has 1 unspecified atom stereocenters. The molecule has 0 N–H and O–H groups in total. The van der Waals surface area contributed by atoms with Gasteiger partial charge < -0.3 is 9.32 Å². The van der Waals surface area contributed by atoms with Crippen LogP contribution in [0.3, 0.4) is 0 Å². The van der Waals surface area contributed by atoms with Crippen LogP contribution in [0.25, 0.3) is 78.4 Å². The number of para-hydroxylation sites is 2. The second-order valence-corrected chi connectivity index (χ2v) is 17.1. The Balaban J connectivity index is 0.896. The summed E-state index contributed by atoms with van der Waals surface area (Å²) in [7, 11) is 0. The Labute approximate surface area is 374 Å². The molecule has 2 aliphatic carbocycles. The van der Waals surface area contributed by atoms with Gasteiger partial charge in [0, 0.05) is 33.8 Å². The highest BCUT2D eigenvalue weighted by Gasteiger charge is 2.26. The fraction of sp³-hybridized carbons (Fsp3) is 0.0645. The number of benzene rings is 9. The van der Waals surface area contributed by atoms with Crippen LogP contribution in [0.4, 0.5) is 17.1 Å². The number of rotatable bonds is 8. The zero-order chi connectivity index (χ0) is 42.4. The van der Waals surface area contributed by atoms with Crippen molar-refractivity contribution in [3.63, 3.8) is 0 Å². The number of nitrogens with zero attached hydrogens (tertiary/aromatic N) is 1. The van der Waals surface area contributed by atoms with Crippen LogP contribution >= 0.6 is 0 Å². The summed E-state index contributed by atoms with van der Waals surface area (Å²) < 4.78 is 6.52. The van der Waals surface area contributed by atoms with Crippen molar-refractivity contribution >= 4 is 51.0 Å². The number of fused-ring (bicyclic) bond motifs is 5. The van der Waals surface area contributed by atoms with Gasteiger partial charge in [-0.2, -0.15) is 0 Å². The van der Waals surface area contributed by atoms with Crippen LogP contribution < -0.4 is 4.90 Å². The van der Waals surface area contributed by atoms with Gasteiger partial charge in [0.05, 0.1) is 5.69 Å². The molecule has 2 nitrogen and oxygen atoms in total. The number of hydrogen-bond acceptors (Lipinski definition) is 2. The van der Waals surface area contributed by atoms with Crippen molar-refractivity contribution in [3.05, 3.63) is 246 Å². The molecule has 0 radical (unpaired) electrons. The molecule has 0 saturated heterocycles. The van der Waals surface area contributed by atoms with E-state index in [-0.39, 0.29) is 5.92 Å². The highest BCUT2D eigenvalue weighted by atomic mass is 16.3. The third-order valence-corrected chi connectivity index (χ3v) is 13.3. The van der Waals surface area contributed by atoms with Crippen molar-refractivity contribution < 1.29 is 4.42 Å². The standard InChI is InChI=1S/C62H45NO/c1-2-13-50-41-51(32-27-42(50)11-1)45-33-37-52(38-34-45)63(53-39-35-49(36-40-53)57-19-10-20-59-58-17-6-8-22-61(58)64-62(57)59)60-21-7-5-16-56(60)48-30-25-44(26-31-48)43-23-28-47(29-24-43)55-18-9-14-46-12-3-4-15-54(46)55/h1-2,4-11,13-18,20-41,57H,3,12,19H2. The second kappa shape index (κ2) is 16.1. The Hall–Kier alpha value is -7.94. The van der Waals surface area contributed by atoms with Gasteiger partial charge in [0.25, 0.3) is 0 Å². The van der Waals surface area contributed by atoms with Gasteiger partial charge in [-0.3, -0.25) is 0 Å². The van der Waals surface area contributed by atoms with Crippen molar-refractivity contribution in [3.8, 4) is 44.5 Å². The average Bonchev–Trinajstić information content (AvgIpc) is 3.76. The molecule has 0 spiro atoms.